The minimum Gasteiger partial charge on any atom is -0.330 e. The van der Waals surface area contributed by atoms with Crippen LogP contribution in [0.25, 0.3) is 0 Å². The van der Waals surface area contributed by atoms with Crippen LogP contribution in [-0.4, -0.2) is 27.6 Å². The quantitative estimate of drug-likeness (QED) is 0.831. The van der Waals surface area contributed by atoms with Gasteiger partial charge in [-0.3, -0.25) is 4.79 Å². The van der Waals surface area contributed by atoms with Crippen LogP contribution in [0.2, 0.25) is 0 Å². The first-order valence-corrected chi connectivity index (χ1v) is 5.91. The highest BCUT2D eigenvalue weighted by molar-refractivity contribution is 7.09. The number of carbonyl (C=O) groups is 1. The van der Waals surface area contributed by atoms with Crippen molar-refractivity contribution in [1.82, 2.24) is 15.2 Å². The Hall–Kier alpha value is -1.86. The number of amides is 1. The summed E-state index contributed by atoms with van der Waals surface area (Å²) in [5, 5.41) is 12.6. The van der Waals surface area contributed by atoms with Gasteiger partial charge in [-0.25, -0.2) is 4.98 Å². The lowest BCUT2D eigenvalue weighted by Crippen LogP contribution is -2.14. The van der Waals surface area contributed by atoms with Gasteiger partial charge in [0.25, 0.3) is 5.91 Å². The van der Waals surface area contributed by atoms with Crippen molar-refractivity contribution in [3.05, 3.63) is 34.4 Å². The number of aromatic nitrogens is 3. The smallest absolute Gasteiger partial charge is 0.276 e. The minimum absolute atomic E-state index is 0.287. The van der Waals surface area contributed by atoms with E-state index < -0.39 is 0 Å². The van der Waals surface area contributed by atoms with Gasteiger partial charge >= 0.3 is 0 Å². The van der Waals surface area contributed by atoms with E-state index in [-0.39, 0.29) is 5.91 Å². The summed E-state index contributed by atoms with van der Waals surface area (Å²) in [7, 11) is 0. The molecule has 0 aliphatic carbocycles. The summed E-state index contributed by atoms with van der Waals surface area (Å²) in [5.74, 6) is 0.121. The number of hydrogen-bond acceptors (Lipinski definition) is 6. The van der Waals surface area contributed by atoms with Crippen molar-refractivity contribution in [3.63, 3.8) is 0 Å². The Kier molecular flexibility index (Phi) is 3.73. The molecular formula is C10H11N5OS. The number of nitrogens with two attached hydrogens (primary N) is 1. The summed E-state index contributed by atoms with van der Waals surface area (Å²) in [5.41, 5.74) is 5.80. The normalized spacial score (nSPS) is 10.2. The predicted molar refractivity (Wildman–Crippen MR) is 64.9 cm³/mol. The molecule has 0 aliphatic heterocycles. The lowest BCUT2D eigenvalue weighted by Gasteiger charge is -1.99. The summed E-state index contributed by atoms with van der Waals surface area (Å²) in [4.78, 5) is 15.9. The number of anilines is 1. The number of rotatable bonds is 4. The maximum atomic E-state index is 11.8. The number of thiazole rings is 1. The first-order valence-electron chi connectivity index (χ1n) is 5.03. The summed E-state index contributed by atoms with van der Waals surface area (Å²) in [6.07, 6.45) is 2.22. The zero-order chi connectivity index (χ0) is 12.1. The number of nitrogens with one attached hydrogen (secondary N) is 1. The van der Waals surface area contributed by atoms with Gasteiger partial charge in [0.1, 0.15) is 5.69 Å². The highest BCUT2D eigenvalue weighted by Crippen LogP contribution is 2.11. The molecule has 2 heterocycles. The van der Waals surface area contributed by atoms with Crippen LogP contribution >= 0.6 is 11.3 Å². The van der Waals surface area contributed by atoms with Crippen molar-refractivity contribution in [3.8, 4) is 0 Å². The molecule has 88 valence electrons. The Morgan fingerprint density at radius 2 is 2.41 bits per heavy atom. The van der Waals surface area contributed by atoms with Gasteiger partial charge < -0.3 is 11.1 Å². The highest BCUT2D eigenvalue weighted by Gasteiger charge is 2.11. The molecule has 0 unspecified atom stereocenters. The Morgan fingerprint density at radius 1 is 1.53 bits per heavy atom. The number of carbonyl (C=O) groups excluding carboxylic acids is 1. The van der Waals surface area contributed by atoms with E-state index in [0.717, 1.165) is 5.01 Å². The molecular weight excluding hydrogens is 238 g/mol. The third kappa shape index (κ3) is 3.05. The summed E-state index contributed by atoms with van der Waals surface area (Å²) in [6.45, 7) is 0.527. The third-order valence-corrected chi connectivity index (χ3v) is 2.87. The van der Waals surface area contributed by atoms with Crippen LogP contribution in [0.4, 0.5) is 5.82 Å². The van der Waals surface area contributed by atoms with Crippen molar-refractivity contribution >= 4 is 23.1 Å². The van der Waals surface area contributed by atoms with E-state index in [1.54, 1.807) is 17.5 Å². The second-order valence-electron chi connectivity index (χ2n) is 3.23. The molecule has 0 saturated heterocycles. The van der Waals surface area contributed by atoms with Crippen LogP contribution in [0.5, 0.6) is 0 Å². The van der Waals surface area contributed by atoms with E-state index in [9.17, 15) is 4.79 Å². The van der Waals surface area contributed by atoms with Crippen LogP contribution in [0.15, 0.2) is 23.7 Å². The van der Waals surface area contributed by atoms with Crippen molar-refractivity contribution in [2.75, 3.05) is 11.9 Å². The molecule has 0 aliphatic rings. The monoisotopic (exact) mass is 249 g/mol. The van der Waals surface area contributed by atoms with Gasteiger partial charge in [-0.15, -0.1) is 16.4 Å². The fourth-order valence-electron chi connectivity index (χ4n) is 1.20. The maximum absolute atomic E-state index is 11.8. The maximum Gasteiger partial charge on any atom is 0.276 e. The predicted octanol–water partition coefficient (Wildman–Crippen LogP) is 0.687. The molecule has 1 amide bonds. The van der Waals surface area contributed by atoms with E-state index in [0.29, 0.717) is 24.5 Å². The van der Waals surface area contributed by atoms with Gasteiger partial charge in [0.2, 0.25) is 0 Å². The van der Waals surface area contributed by atoms with Crippen LogP contribution < -0.4 is 11.1 Å². The van der Waals surface area contributed by atoms with Crippen molar-refractivity contribution < 1.29 is 4.79 Å². The molecule has 3 N–H and O–H groups in total. The highest BCUT2D eigenvalue weighted by atomic mass is 32.1. The van der Waals surface area contributed by atoms with Gasteiger partial charge in [-0.05, 0) is 18.7 Å². The zero-order valence-corrected chi connectivity index (χ0v) is 9.78. The molecule has 0 aromatic carbocycles. The molecule has 7 heteroatoms. The molecule has 0 saturated carbocycles. The largest absolute Gasteiger partial charge is 0.330 e. The summed E-state index contributed by atoms with van der Waals surface area (Å²) < 4.78 is 0. The Labute approximate surface area is 102 Å². The van der Waals surface area contributed by atoms with Gasteiger partial charge in [0.05, 0.1) is 5.01 Å². The fraction of sp³-hybridized carbons (Fsp3) is 0.200. The van der Waals surface area contributed by atoms with E-state index in [4.69, 9.17) is 5.73 Å². The average Bonchev–Trinajstić information content (AvgIpc) is 2.79. The minimum atomic E-state index is -0.287. The second kappa shape index (κ2) is 5.46. The first-order chi connectivity index (χ1) is 8.29. The Balaban J connectivity index is 2.04. The van der Waals surface area contributed by atoms with Crippen LogP contribution in [-0.2, 0) is 6.42 Å². The van der Waals surface area contributed by atoms with Crippen LogP contribution in [0, 0.1) is 0 Å². The molecule has 6 nitrogen and oxygen atoms in total. The molecule has 0 radical (unpaired) electrons. The molecule has 0 fully saturated rings. The van der Waals surface area contributed by atoms with E-state index in [1.165, 1.54) is 17.5 Å². The molecule has 2 aromatic heterocycles. The van der Waals surface area contributed by atoms with Crippen molar-refractivity contribution in [2.24, 2.45) is 5.73 Å². The van der Waals surface area contributed by atoms with Crippen LogP contribution in [0.3, 0.4) is 0 Å². The average molecular weight is 249 g/mol. The first kappa shape index (κ1) is 11.6. The molecule has 17 heavy (non-hydrogen) atoms. The Bertz CT molecular complexity index is 498. The zero-order valence-electron chi connectivity index (χ0n) is 8.96. The van der Waals surface area contributed by atoms with Gasteiger partial charge in [0, 0.05) is 18.0 Å². The Morgan fingerprint density at radius 3 is 3.12 bits per heavy atom. The molecule has 0 spiro atoms. The topological polar surface area (TPSA) is 93.8 Å². The molecule has 0 atom stereocenters. The fourth-order valence-corrected chi connectivity index (χ4v) is 2.00. The van der Waals surface area contributed by atoms with E-state index >= 15 is 0 Å². The standard InChI is InChI=1S/C10H11N5OS/c11-4-3-9-13-7(6-17-9)10(16)14-8-2-1-5-12-15-8/h1-2,5-6H,3-4,11H2,(H,14,15,16). The third-order valence-electron chi connectivity index (χ3n) is 1.96. The second-order valence-corrected chi connectivity index (χ2v) is 4.17. The van der Waals surface area contributed by atoms with Gasteiger partial charge in [-0.2, -0.15) is 5.10 Å². The SMILES string of the molecule is NCCc1nc(C(=O)Nc2cccnn2)cs1. The molecule has 2 rings (SSSR count). The van der Waals surface area contributed by atoms with Gasteiger partial charge in [0.15, 0.2) is 5.82 Å². The van der Waals surface area contributed by atoms with E-state index in [1.807, 2.05) is 0 Å². The lowest BCUT2D eigenvalue weighted by atomic mass is 10.4. The van der Waals surface area contributed by atoms with Crippen LogP contribution in [0.1, 0.15) is 15.5 Å². The number of nitrogens with zero attached hydrogens (tertiary/aromatic N) is 3. The molecule has 2 aromatic rings. The lowest BCUT2D eigenvalue weighted by molar-refractivity contribution is 0.102. The summed E-state index contributed by atoms with van der Waals surface area (Å²) in [6, 6.07) is 3.36. The summed E-state index contributed by atoms with van der Waals surface area (Å²) >= 11 is 1.43. The number of hydrogen-bond donors (Lipinski definition) is 2. The van der Waals surface area contributed by atoms with Crippen molar-refractivity contribution in [2.45, 2.75) is 6.42 Å². The molecule has 0 bridgehead atoms. The van der Waals surface area contributed by atoms with Crippen molar-refractivity contribution in [1.29, 1.82) is 0 Å². The van der Waals surface area contributed by atoms with E-state index in [2.05, 4.69) is 20.5 Å². The van der Waals surface area contributed by atoms with Gasteiger partial charge in [-0.1, -0.05) is 0 Å².